The van der Waals surface area contributed by atoms with Crippen molar-refractivity contribution in [1.29, 1.82) is 0 Å². The highest BCUT2D eigenvalue weighted by molar-refractivity contribution is 9.10. The maximum absolute atomic E-state index is 11.2. The monoisotopic (exact) mass is 245 g/mol. The molecule has 3 nitrogen and oxygen atoms in total. The van der Waals surface area contributed by atoms with Crippen molar-refractivity contribution in [2.24, 2.45) is 0 Å². The molecule has 1 aromatic rings. The van der Waals surface area contributed by atoms with E-state index in [1.807, 2.05) is 0 Å². The van der Waals surface area contributed by atoms with Gasteiger partial charge >= 0.3 is 0 Å². The van der Waals surface area contributed by atoms with Crippen LogP contribution in [0.3, 0.4) is 0 Å². The second-order valence-corrected chi connectivity index (χ2v) is 3.63. The van der Waals surface area contributed by atoms with E-state index in [0.717, 1.165) is 17.3 Å². The lowest BCUT2D eigenvalue weighted by atomic mass is 10.3. The summed E-state index contributed by atoms with van der Waals surface area (Å²) in [6.45, 7) is 2.67. The van der Waals surface area contributed by atoms with Crippen LogP contribution in [0.1, 0.15) is 19.8 Å². The van der Waals surface area contributed by atoms with E-state index in [9.17, 15) is 4.79 Å². The Hall–Kier alpha value is -0.770. The van der Waals surface area contributed by atoms with Crippen LogP contribution in [0.5, 0.6) is 5.75 Å². The maximum atomic E-state index is 11.2. The fourth-order valence-electron chi connectivity index (χ4n) is 0.872. The molecule has 0 aliphatic rings. The predicted octanol–water partition coefficient (Wildman–Crippen LogP) is 2.32. The van der Waals surface area contributed by atoms with Gasteiger partial charge < -0.3 is 9.72 Å². The Morgan fingerprint density at radius 1 is 1.62 bits per heavy atom. The number of halogens is 1. The summed E-state index contributed by atoms with van der Waals surface area (Å²) in [6, 6.07) is 1.68. The van der Waals surface area contributed by atoms with Gasteiger partial charge in [0, 0.05) is 16.7 Å². The lowest BCUT2D eigenvalue weighted by Gasteiger charge is -2.03. The van der Waals surface area contributed by atoms with Crippen LogP contribution in [0, 0.1) is 0 Å². The second-order valence-electron chi connectivity index (χ2n) is 2.71. The van der Waals surface area contributed by atoms with Gasteiger partial charge in [-0.2, -0.15) is 0 Å². The highest BCUT2D eigenvalue weighted by atomic mass is 79.9. The van der Waals surface area contributed by atoms with Gasteiger partial charge in [-0.05, 0) is 22.4 Å². The number of ether oxygens (including phenoxy) is 1. The van der Waals surface area contributed by atoms with Crippen LogP contribution < -0.4 is 10.3 Å². The number of hydrogen-bond acceptors (Lipinski definition) is 2. The first kappa shape index (κ1) is 10.3. The lowest BCUT2D eigenvalue weighted by Crippen LogP contribution is -2.11. The molecule has 0 amide bonds. The Morgan fingerprint density at radius 2 is 2.38 bits per heavy atom. The van der Waals surface area contributed by atoms with Crippen LogP contribution >= 0.6 is 15.9 Å². The number of pyridine rings is 1. The number of H-pyrrole nitrogens is 1. The molecular weight excluding hydrogens is 234 g/mol. The Balaban J connectivity index is 2.65. The molecule has 0 aromatic carbocycles. The molecule has 0 saturated carbocycles. The molecule has 0 saturated heterocycles. The van der Waals surface area contributed by atoms with Gasteiger partial charge in [0.25, 0.3) is 5.56 Å². The Morgan fingerprint density at radius 3 is 3.08 bits per heavy atom. The van der Waals surface area contributed by atoms with E-state index >= 15 is 0 Å². The summed E-state index contributed by atoms with van der Waals surface area (Å²) in [4.78, 5) is 13.7. The molecule has 1 heterocycles. The SMILES string of the molecule is CCCCOc1cc(Br)c[nH]c1=O. The fourth-order valence-corrected chi connectivity index (χ4v) is 1.19. The third-order valence-electron chi connectivity index (χ3n) is 1.59. The average molecular weight is 246 g/mol. The van der Waals surface area contributed by atoms with E-state index in [0.29, 0.717) is 12.4 Å². The van der Waals surface area contributed by atoms with Crippen LogP contribution in [-0.2, 0) is 0 Å². The standard InChI is InChI=1S/C9H12BrNO2/c1-2-3-4-13-8-5-7(10)6-11-9(8)12/h5-6H,2-4H2,1H3,(H,11,12). The van der Waals surface area contributed by atoms with Gasteiger partial charge in [-0.3, -0.25) is 4.79 Å². The summed E-state index contributed by atoms with van der Waals surface area (Å²) in [7, 11) is 0. The van der Waals surface area contributed by atoms with Crippen LogP contribution in [0.15, 0.2) is 21.5 Å². The van der Waals surface area contributed by atoms with Gasteiger partial charge in [0.1, 0.15) is 0 Å². The van der Waals surface area contributed by atoms with Gasteiger partial charge in [-0.1, -0.05) is 13.3 Å². The minimum absolute atomic E-state index is 0.181. The zero-order valence-corrected chi connectivity index (χ0v) is 9.06. The van der Waals surface area contributed by atoms with Gasteiger partial charge in [0.05, 0.1) is 6.61 Å². The van der Waals surface area contributed by atoms with Crippen molar-refractivity contribution in [3.05, 3.63) is 27.1 Å². The van der Waals surface area contributed by atoms with E-state index in [-0.39, 0.29) is 5.56 Å². The zero-order chi connectivity index (χ0) is 9.68. The number of aromatic amines is 1. The van der Waals surface area contributed by atoms with Gasteiger partial charge in [0.2, 0.25) is 0 Å². The van der Waals surface area contributed by atoms with Crippen molar-refractivity contribution in [3.8, 4) is 5.75 Å². The van der Waals surface area contributed by atoms with Crippen molar-refractivity contribution in [3.63, 3.8) is 0 Å². The molecule has 1 rings (SSSR count). The van der Waals surface area contributed by atoms with E-state index in [1.165, 1.54) is 0 Å². The molecule has 1 N–H and O–H groups in total. The first-order valence-electron chi connectivity index (χ1n) is 4.25. The molecule has 0 fully saturated rings. The van der Waals surface area contributed by atoms with E-state index in [2.05, 4.69) is 27.8 Å². The molecule has 0 atom stereocenters. The molecule has 13 heavy (non-hydrogen) atoms. The van der Waals surface area contributed by atoms with Gasteiger partial charge in [-0.15, -0.1) is 0 Å². The highest BCUT2D eigenvalue weighted by Gasteiger charge is 2.00. The maximum Gasteiger partial charge on any atom is 0.290 e. The van der Waals surface area contributed by atoms with E-state index in [4.69, 9.17) is 4.74 Å². The molecule has 0 bridgehead atoms. The summed E-state index contributed by atoms with van der Waals surface area (Å²) in [5.41, 5.74) is -0.181. The normalized spacial score (nSPS) is 10.0. The molecule has 1 aromatic heterocycles. The largest absolute Gasteiger partial charge is 0.488 e. The molecule has 0 aliphatic heterocycles. The number of rotatable bonds is 4. The van der Waals surface area contributed by atoms with E-state index < -0.39 is 0 Å². The smallest absolute Gasteiger partial charge is 0.290 e. The minimum Gasteiger partial charge on any atom is -0.488 e. The van der Waals surface area contributed by atoms with E-state index in [1.54, 1.807) is 12.3 Å². The number of aromatic nitrogens is 1. The summed E-state index contributed by atoms with van der Waals surface area (Å²) < 4.78 is 6.10. The molecule has 72 valence electrons. The van der Waals surface area contributed by atoms with Gasteiger partial charge in [0.15, 0.2) is 5.75 Å². The van der Waals surface area contributed by atoms with Crippen LogP contribution in [0.2, 0.25) is 0 Å². The van der Waals surface area contributed by atoms with Crippen molar-refractivity contribution >= 4 is 15.9 Å². The summed E-state index contributed by atoms with van der Waals surface area (Å²) >= 11 is 3.26. The third kappa shape index (κ3) is 3.22. The summed E-state index contributed by atoms with van der Waals surface area (Å²) in [5.74, 6) is 0.378. The lowest BCUT2D eigenvalue weighted by molar-refractivity contribution is 0.305. The number of hydrogen-bond donors (Lipinski definition) is 1. The zero-order valence-electron chi connectivity index (χ0n) is 7.47. The van der Waals surface area contributed by atoms with Gasteiger partial charge in [-0.25, -0.2) is 0 Å². The molecular formula is C9H12BrNO2. The number of unbranched alkanes of at least 4 members (excludes halogenated alkanes) is 1. The average Bonchev–Trinajstić information content (AvgIpc) is 2.11. The quantitative estimate of drug-likeness (QED) is 0.828. The topological polar surface area (TPSA) is 42.1 Å². The fraction of sp³-hybridized carbons (Fsp3) is 0.444. The minimum atomic E-state index is -0.181. The highest BCUT2D eigenvalue weighted by Crippen LogP contribution is 2.11. The Bertz CT molecular complexity index is 322. The number of nitrogens with one attached hydrogen (secondary N) is 1. The van der Waals surface area contributed by atoms with Crippen LogP contribution in [0.4, 0.5) is 0 Å². The molecule has 4 heteroatoms. The predicted molar refractivity (Wildman–Crippen MR) is 55.2 cm³/mol. The first-order chi connectivity index (χ1) is 6.24. The van der Waals surface area contributed by atoms with Crippen LogP contribution in [0.25, 0.3) is 0 Å². The third-order valence-corrected chi connectivity index (χ3v) is 2.05. The Kier molecular flexibility index (Phi) is 4.02. The molecule has 0 unspecified atom stereocenters. The van der Waals surface area contributed by atoms with Crippen molar-refractivity contribution in [1.82, 2.24) is 4.98 Å². The molecule has 0 radical (unpaired) electrons. The van der Waals surface area contributed by atoms with Crippen LogP contribution in [-0.4, -0.2) is 11.6 Å². The second kappa shape index (κ2) is 5.07. The Labute approximate surface area is 85.3 Å². The van der Waals surface area contributed by atoms with Crippen molar-refractivity contribution in [2.45, 2.75) is 19.8 Å². The van der Waals surface area contributed by atoms with Crippen molar-refractivity contribution in [2.75, 3.05) is 6.61 Å². The first-order valence-corrected chi connectivity index (χ1v) is 5.04. The van der Waals surface area contributed by atoms with Crippen molar-refractivity contribution < 1.29 is 4.74 Å². The summed E-state index contributed by atoms with van der Waals surface area (Å²) in [5, 5.41) is 0. The molecule has 0 aliphatic carbocycles. The molecule has 0 spiro atoms. The summed E-state index contributed by atoms with van der Waals surface area (Å²) in [6.07, 6.45) is 3.62.